The van der Waals surface area contributed by atoms with Crippen molar-refractivity contribution in [1.82, 2.24) is 10.6 Å². The number of hydrogen-bond donors (Lipinski definition) is 3. The zero-order chi connectivity index (χ0) is 15.8. The maximum absolute atomic E-state index is 11.5. The van der Waals surface area contributed by atoms with Crippen molar-refractivity contribution in [3.8, 4) is 0 Å². The van der Waals surface area contributed by atoms with Gasteiger partial charge in [-0.25, -0.2) is 4.79 Å². The van der Waals surface area contributed by atoms with E-state index in [-0.39, 0.29) is 19.5 Å². The maximum Gasteiger partial charge on any atom is 0.323 e. The molecule has 0 radical (unpaired) electrons. The number of anilines is 1. The standard InChI is InChI=1S/C13H16ClN3O4/c1-15-13(21)16-11(18)6-7-17(8-12(19)20)10-4-2-9(14)3-5-10/h2-5H,6-8H2,1H3,(H,19,20)(H2,15,16,18,21). The maximum atomic E-state index is 11.5. The molecule has 0 saturated heterocycles. The van der Waals surface area contributed by atoms with Crippen LogP contribution >= 0.6 is 11.6 Å². The molecule has 3 amide bonds. The van der Waals surface area contributed by atoms with Crippen LogP contribution in [0.25, 0.3) is 0 Å². The fourth-order valence-corrected chi connectivity index (χ4v) is 1.73. The number of carboxylic acid groups (broad SMARTS) is 1. The summed E-state index contributed by atoms with van der Waals surface area (Å²) in [5.41, 5.74) is 0.634. The summed E-state index contributed by atoms with van der Waals surface area (Å²) in [7, 11) is 1.40. The normalized spacial score (nSPS) is 9.81. The monoisotopic (exact) mass is 313 g/mol. The SMILES string of the molecule is CNC(=O)NC(=O)CCN(CC(=O)O)c1ccc(Cl)cc1. The second-order valence-electron chi connectivity index (χ2n) is 4.17. The highest BCUT2D eigenvalue weighted by Gasteiger charge is 2.13. The quantitative estimate of drug-likeness (QED) is 0.730. The van der Waals surface area contributed by atoms with Crippen LogP contribution < -0.4 is 15.5 Å². The van der Waals surface area contributed by atoms with E-state index in [9.17, 15) is 14.4 Å². The highest BCUT2D eigenvalue weighted by molar-refractivity contribution is 6.30. The van der Waals surface area contributed by atoms with E-state index in [4.69, 9.17) is 16.7 Å². The number of carbonyl (C=O) groups excluding carboxylic acids is 2. The topological polar surface area (TPSA) is 98.7 Å². The molecule has 0 fully saturated rings. The Morgan fingerprint density at radius 1 is 1.24 bits per heavy atom. The van der Waals surface area contributed by atoms with Crippen molar-refractivity contribution < 1.29 is 19.5 Å². The molecule has 0 aliphatic rings. The number of benzene rings is 1. The van der Waals surface area contributed by atoms with Gasteiger partial charge in [0, 0.05) is 30.7 Å². The average molecular weight is 314 g/mol. The summed E-state index contributed by atoms with van der Waals surface area (Å²) in [4.78, 5) is 34.9. The Morgan fingerprint density at radius 3 is 2.38 bits per heavy atom. The van der Waals surface area contributed by atoms with Crippen molar-refractivity contribution in [3.05, 3.63) is 29.3 Å². The van der Waals surface area contributed by atoms with E-state index in [1.807, 2.05) is 0 Å². The van der Waals surface area contributed by atoms with Gasteiger partial charge in [0.25, 0.3) is 0 Å². The number of nitrogens with one attached hydrogen (secondary N) is 2. The predicted molar refractivity (Wildman–Crippen MR) is 78.5 cm³/mol. The van der Waals surface area contributed by atoms with Crippen LogP contribution in [0.2, 0.25) is 5.02 Å². The molecular formula is C13H16ClN3O4. The van der Waals surface area contributed by atoms with Crippen molar-refractivity contribution in [3.63, 3.8) is 0 Å². The first kappa shape index (κ1) is 16.8. The lowest BCUT2D eigenvalue weighted by Crippen LogP contribution is -2.40. The molecule has 0 atom stereocenters. The van der Waals surface area contributed by atoms with Gasteiger partial charge < -0.3 is 15.3 Å². The van der Waals surface area contributed by atoms with Gasteiger partial charge in [0.1, 0.15) is 6.54 Å². The zero-order valence-electron chi connectivity index (χ0n) is 11.4. The minimum Gasteiger partial charge on any atom is -0.480 e. The smallest absolute Gasteiger partial charge is 0.323 e. The second kappa shape index (κ2) is 8.11. The zero-order valence-corrected chi connectivity index (χ0v) is 12.2. The van der Waals surface area contributed by atoms with Gasteiger partial charge in [-0.1, -0.05) is 11.6 Å². The van der Waals surface area contributed by atoms with Crippen LogP contribution in [0.5, 0.6) is 0 Å². The highest BCUT2D eigenvalue weighted by atomic mass is 35.5. The minimum absolute atomic E-state index is 0.0106. The summed E-state index contributed by atoms with van der Waals surface area (Å²) in [6.07, 6.45) is -0.0106. The molecular weight excluding hydrogens is 298 g/mol. The lowest BCUT2D eigenvalue weighted by molar-refractivity contribution is -0.135. The predicted octanol–water partition coefficient (Wildman–Crippen LogP) is 1.08. The Hall–Kier alpha value is -2.28. The van der Waals surface area contributed by atoms with E-state index >= 15 is 0 Å². The van der Waals surface area contributed by atoms with E-state index < -0.39 is 17.9 Å². The summed E-state index contributed by atoms with van der Waals surface area (Å²) >= 11 is 5.78. The molecule has 1 aromatic carbocycles. The minimum atomic E-state index is -1.02. The summed E-state index contributed by atoms with van der Waals surface area (Å²) in [6.45, 7) is -0.0916. The van der Waals surface area contributed by atoms with Crippen molar-refractivity contribution in [2.45, 2.75) is 6.42 Å². The molecule has 0 saturated carbocycles. The van der Waals surface area contributed by atoms with Crippen LogP contribution in [0, 0.1) is 0 Å². The number of hydrogen-bond acceptors (Lipinski definition) is 4. The number of amides is 3. The van der Waals surface area contributed by atoms with Crippen LogP contribution in [0.4, 0.5) is 10.5 Å². The van der Waals surface area contributed by atoms with Crippen LogP contribution in [-0.2, 0) is 9.59 Å². The van der Waals surface area contributed by atoms with Crippen molar-refractivity contribution in [2.75, 3.05) is 25.0 Å². The summed E-state index contributed by atoms with van der Waals surface area (Å²) in [5.74, 6) is -1.50. The van der Waals surface area contributed by atoms with Gasteiger partial charge in [-0.2, -0.15) is 0 Å². The fraction of sp³-hybridized carbons (Fsp3) is 0.308. The van der Waals surface area contributed by atoms with E-state index in [2.05, 4.69) is 10.6 Å². The largest absolute Gasteiger partial charge is 0.480 e. The Morgan fingerprint density at radius 2 is 1.86 bits per heavy atom. The van der Waals surface area contributed by atoms with Crippen molar-refractivity contribution in [1.29, 1.82) is 0 Å². The number of rotatable bonds is 6. The first-order valence-corrected chi connectivity index (χ1v) is 6.54. The highest BCUT2D eigenvalue weighted by Crippen LogP contribution is 2.18. The number of urea groups is 1. The second-order valence-corrected chi connectivity index (χ2v) is 4.61. The molecule has 0 aromatic heterocycles. The molecule has 1 aromatic rings. The molecule has 0 spiro atoms. The van der Waals surface area contributed by atoms with E-state index in [0.29, 0.717) is 10.7 Å². The van der Waals surface area contributed by atoms with Crippen molar-refractivity contribution >= 4 is 35.2 Å². The molecule has 0 aliphatic heterocycles. The van der Waals surface area contributed by atoms with Gasteiger partial charge in [-0.3, -0.25) is 14.9 Å². The van der Waals surface area contributed by atoms with Crippen LogP contribution in [-0.4, -0.2) is 43.2 Å². The first-order chi connectivity index (χ1) is 9.92. The van der Waals surface area contributed by atoms with Gasteiger partial charge in [-0.15, -0.1) is 0 Å². The Balaban J connectivity index is 2.66. The fourth-order valence-electron chi connectivity index (χ4n) is 1.60. The Bertz CT molecular complexity index is 519. The molecule has 7 nitrogen and oxygen atoms in total. The Kier molecular flexibility index (Phi) is 6.48. The lowest BCUT2D eigenvalue weighted by atomic mass is 10.2. The van der Waals surface area contributed by atoms with Gasteiger partial charge in [0.05, 0.1) is 0 Å². The van der Waals surface area contributed by atoms with Gasteiger partial charge in [0.2, 0.25) is 5.91 Å². The number of carboxylic acids is 1. The third-order valence-electron chi connectivity index (χ3n) is 2.61. The molecule has 0 unspecified atom stereocenters. The molecule has 1 rings (SSSR count). The number of imide groups is 1. The molecule has 0 aliphatic carbocycles. The molecule has 114 valence electrons. The van der Waals surface area contributed by atoms with E-state index in [1.54, 1.807) is 24.3 Å². The van der Waals surface area contributed by atoms with E-state index in [1.165, 1.54) is 11.9 Å². The van der Waals surface area contributed by atoms with Gasteiger partial charge in [-0.05, 0) is 24.3 Å². The molecule has 8 heteroatoms. The third kappa shape index (κ3) is 6.13. The summed E-state index contributed by atoms with van der Waals surface area (Å²) in [5, 5.41) is 13.8. The number of nitrogens with zero attached hydrogens (tertiary/aromatic N) is 1. The van der Waals surface area contributed by atoms with E-state index in [0.717, 1.165) is 0 Å². The summed E-state index contributed by atoms with van der Waals surface area (Å²) in [6, 6.07) is 6.01. The summed E-state index contributed by atoms with van der Waals surface area (Å²) < 4.78 is 0. The molecule has 21 heavy (non-hydrogen) atoms. The molecule has 0 heterocycles. The van der Waals surface area contributed by atoms with Crippen molar-refractivity contribution in [2.24, 2.45) is 0 Å². The number of carbonyl (C=O) groups is 3. The average Bonchev–Trinajstić information content (AvgIpc) is 2.43. The first-order valence-electron chi connectivity index (χ1n) is 6.16. The third-order valence-corrected chi connectivity index (χ3v) is 2.86. The lowest BCUT2D eigenvalue weighted by Gasteiger charge is -2.22. The van der Waals surface area contributed by atoms with Crippen LogP contribution in [0.1, 0.15) is 6.42 Å². The van der Waals surface area contributed by atoms with Crippen LogP contribution in [0.15, 0.2) is 24.3 Å². The Labute approximate surface area is 126 Å². The molecule has 0 bridgehead atoms. The number of halogens is 1. The van der Waals surface area contributed by atoms with Gasteiger partial charge in [0.15, 0.2) is 0 Å². The van der Waals surface area contributed by atoms with Gasteiger partial charge >= 0.3 is 12.0 Å². The number of aliphatic carboxylic acids is 1. The van der Waals surface area contributed by atoms with Crippen LogP contribution in [0.3, 0.4) is 0 Å². The molecule has 3 N–H and O–H groups in total.